The zero-order chi connectivity index (χ0) is 8.86. The summed E-state index contributed by atoms with van der Waals surface area (Å²) >= 11 is 3.83. The number of thioether (sulfide) groups is 2. The second-order valence-electron chi connectivity index (χ2n) is 3.47. The van der Waals surface area contributed by atoms with Gasteiger partial charge in [-0.15, -0.1) is 23.5 Å². The van der Waals surface area contributed by atoms with Crippen LogP contribution < -0.4 is 0 Å². The van der Waals surface area contributed by atoms with Crippen molar-refractivity contribution in [1.82, 2.24) is 0 Å². The van der Waals surface area contributed by atoms with Gasteiger partial charge in [-0.05, 0) is 25.0 Å². The van der Waals surface area contributed by atoms with Crippen LogP contribution in [0.2, 0.25) is 0 Å². The van der Waals surface area contributed by atoms with Gasteiger partial charge in [0.15, 0.2) is 0 Å². The molecule has 1 aliphatic heterocycles. The molecular weight excluding hydrogens is 184 g/mol. The minimum absolute atomic E-state index is 0.564. The Morgan fingerprint density at radius 3 is 2.33 bits per heavy atom. The average molecular weight is 202 g/mol. The highest BCUT2D eigenvalue weighted by Crippen LogP contribution is 2.46. The van der Waals surface area contributed by atoms with Gasteiger partial charge in [0, 0.05) is 4.75 Å². The summed E-state index contributed by atoms with van der Waals surface area (Å²) in [5.41, 5.74) is 0. The van der Waals surface area contributed by atoms with E-state index in [0.29, 0.717) is 4.75 Å². The third-order valence-corrected chi connectivity index (χ3v) is 4.65. The molecule has 0 unspecified atom stereocenters. The quantitative estimate of drug-likeness (QED) is 0.670. The van der Waals surface area contributed by atoms with E-state index in [-0.39, 0.29) is 0 Å². The molecule has 1 fully saturated rings. The SMILES string of the molecule is CCCC1(CCC)CCS[C]S1. The molecule has 0 aromatic rings. The Bertz CT molecular complexity index is 101. The van der Waals surface area contributed by atoms with Gasteiger partial charge in [0.2, 0.25) is 0 Å². The molecule has 0 N–H and O–H groups in total. The van der Waals surface area contributed by atoms with E-state index in [9.17, 15) is 0 Å². The lowest BCUT2D eigenvalue weighted by atomic mass is 9.94. The highest BCUT2D eigenvalue weighted by atomic mass is 32.2. The first-order chi connectivity index (χ1) is 5.83. The van der Waals surface area contributed by atoms with Gasteiger partial charge in [-0.1, -0.05) is 26.7 Å². The summed E-state index contributed by atoms with van der Waals surface area (Å²) in [6.07, 6.45) is 6.77. The van der Waals surface area contributed by atoms with E-state index >= 15 is 0 Å². The molecule has 2 radical (unpaired) electrons. The van der Waals surface area contributed by atoms with Crippen LogP contribution in [-0.4, -0.2) is 10.5 Å². The van der Waals surface area contributed by atoms with Crippen LogP contribution in [0.25, 0.3) is 0 Å². The van der Waals surface area contributed by atoms with E-state index in [1.165, 1.54) is 37.9 Å². The summed E-state index contributed by atoms with van der Waals surface area (Å²) in [7, 11) is 0. The largest absolute Gasteiger partial charge is 0.139 e. The Morgan fingerprint density at radius 1 is 1.25 bits per heavy atom. The predicted molar refractivity (Wildman–Crippen MR) is 60.5 cm³/mol. The van der Waals surface area contributed by atoms with Gasteiger partial charge in [0.1, 0.15) is 5.08 Å². The Morgan fingerprint density at radius 2 is 1.92 bits per heavy atom. The lowest BCUT2D eigenvalue weighted by molar-refractivity contribution is 0.479. The summed E-state index contributed by atoms with van der Waals surface area (Å²) in [6, 6.07) is 0. The molecule has 70 valence electrons. The van der Waals surface area contributed by atoms with Crippen LogP contribution in [0.4, 0.5) is 0 Å². The molecule has 2 heteroatoms. The molecule has 0 saturated carbocycles. The smallest absolute Gasteiger partial charge is 0.114 e. The molecule has 1 saturated heterocycles. The van der Waals surface area contributed by atoms with Crippen LogP contribution in [0.15, 0.2) is 0 Å². The molecule has 0 aromatic carbocycles. The fourth-order valence-electron chi connectivity index (χ4n) is 1.84. The van der Waals surface area contributed by atoms with Crippen molar-refractivity contribution in [2.75, 3.05) is 5.75 Å². The van der Waals surface area contributed by atoms with Crippen molar-refractivity contribution in [3.05, 3.63) is 5.08 Å². The molecule has 0 amide bonds. The van der Waals surface area contributed by atoms with Crippen molar-refractivity contribution < 1.29 is 0 Å². The van der Waals surface area contributed by atoms with Crippen LogP contribution >= 0.6 is 23.5 Å². The molecule has 0 spiro atoms. The third kappa shape index (κ3) is 2.88. The zero-order valence-electron chi connectivity index (χ0n) is 8.06. The van der Waals surface area contributed by atoms with Gasteiger partial charge in [0.25, 0.3) is 0 Å². The average Bonchev–Trinajstić information content (AvgIpc) is 2.07. The topological polar surface area (TPSA) is 0 Å². The number of hydrogen-bond donors (Lipinski definition) is 0. The minimum Gasteiger partial charge on any atom is -0.139 e. The third-order valence-electron chi connectivity index (χ3n) is 2.39. The number of hydrogen-bond acceptors (Lipinski definition) is 2. The van der Waals surface area contributed by atoms with E-state index in [2.05, 4.69) is 18.9 Å². The normalized spacial score (nSPS) is 22.5. The highest BCUT2D eigenvalue weighted by molar-refractivity contribution is 8.20. The summed E-state index contributed by atoms with van der Waals surface area (Å²) in [6.45, 7) is 4.58. The summed E-state index contributed by atoms with van der Waals surface area (Å²) in [5, 5.41) is 3.38. The number of rotatable bonds is 4. The monoisotopic (exact) mass is 202 g/mol. The maximum atomic E-state index is 3.38. The van der Waals surface area contributed by atoms with E-state index < -0.39 is 0 Å². The predicted octanol–water partition coefficient (Wildman–Crippen LogP) is 4.19. The van der Waals surface area contributed by atoms with Crippen LogP contribution in [0.5, 0.6) is 0 Å². The molecule has 0 nitrogen and oxygen atoms in total. The van der Waals surface area contributed by atoms with Crippen molar-refractivity contribution in [1.29, 1.82) is 0 Å². The van der Waals surface area contributed by atoms with E-state index in [1.54, 1.807) is 0 Å². The Kier molecular flexibility index (Phi) is 4.88. The van der Waals surface area contributed by atoms with Crippen molar-refractivity contribution >= 4 is 23.5 Å². The molecule has 1 rings (SSSR count). The first-order valence-corrected chi connectivity index (χ1v) is 6.68. The Hall–Kier alpha value is 0.700. The van der Waals surface area contributed by atoms with Crippen LogP contribution in [0.1, 0.15) is 46.0 Å². The minimum atomic E-state index is 0.564. The molecule has 12 heavy (non-hydrogen) atoms. The molecule has 0 atom stereocenters. The van der Waals surface area contributed by atoms with Gasteiger partial charge in [-0.25, -0.2) is 0 Å². The molecule has 0 bridgehead atoms. The van der Waals surface area contributed by atoms with Crippen molar-refractivity contribution in [3.8, 4) is 0 Å². The van der Waals surface area contributed by atoms with Crippen molar-refractivity contribution in [3.63, 3.8) is 0 Å². The van der Waals surface area contributed by atoms with Crippen LogP contribution in [0.3, 0.4) is 0 Å². The maximum Gasteiger partial charge on any atom is 0.114 e. The van der Waals surface area contributed by atoms with Crippen LogP contribution in [-0.2, 0) is 0 Å². The summed E-state index contributed by atoms with van der Waals surface area (Å²) < 4.78 is 0.564. The van der Waals surface area contributed by atoms with Gasteiger partial charge in [-0.2, -0.15) is 0 Å². The highest BCUT2D eigenvalue weighted by Gasteiger charge is 2.31. The van der Waals surface area contributed by atoms with Gasteiger partial charge in [-0.3, -0.25) is 0 Å². The molecule has 1 aliphatic rings. The fraction of sp³-hybridized carbons (Fsp3) is 0.900. The lowest BCUT2D eigenvalue weighted by Crippen LogP contribution is -2.27. The first kappa shape index (κ1) is 10.8. The van der Waals surface area contributed by atoms with E-state index in [0.717, 1.165) is 0 Å². The summed E-state index contributed by atoms with van der Waals surface area (Å²) in [5.74, 6) is 1.28. The van der Waals surface area contributed by atoms with Gasteiger partial charge in [0.05, 0.1) is 0 Å². The van der Waals surface area contributed by atoms with E-state index in [1.807, 2.05) is 23.5 Å². The van der Waals surface area contributed by atoms with Gasteiger partial charge < -0.3 is 0 Å². The standard InChI is InChI=1S/C10H18S2/c1-3-5-10(6-4-2)7-8-11-9-12-10/h3-8H2,1-2H3. The Balaban J connectivity index is 2.44. The second kappa shape index (κ2) is 5.43. The van der Waals surface area contributed by atoms with E-state index in [4.69, 9.17) is 0 Å². The maximum absolute atomic E-state index is 3.38. The molecule has 0 aromatic heterocycles. The molecule has 0 aliphatic carbocycles. The van der Waals surface area contributed by atoms with Crippen molar-refractivity contribution in [2.24, 2.45) is 0 Å². The van der Waals surface area contributed by atoms with Gasteiger partial charge >= 0.3 is 0 Å². The molecular formula is C10H18S2. The molecule has 1 heterocycles. The second-order valence-corrected chi connectivity index (χ2v) is 5.90. The van der Waals surface area contributed by atoms with Crippen molar-refractivity contribution in [2.45, 2.75) is 50.7 Å². The zero-order valence-corrected chi connectivity index (χ0v) is 9.69. The van der Waals surface area contributed by atoms with Crippen LogP contribution in [0, 0.1) is 5.08 Å². The Labute approximate surface area is 85.3 Å². The first-order valence-electron chi connectivity index (χ1n) is 4.88. The lowest BCUT2D eigenvalue weighted by Gasteiger charge is -2.35. The fourth-order valence-corrected chi connectivity index (χ4v) is 4.55. The summed E-state index contributed by atoms with van der Waals surface area (Å²) in [4.78, 5) is 0.